The van der Waals surface area contributed by atoms with Crippen LogP contribution in [0.4, 0.5) is 5.69 Å². The molecular weight excluding hydrogens is 388 g/mol. The number of aromatic nitrogens is 1. The first kappa shape index (κ1) is 13.5. The maximum atomic E-state index is 5.95. The Hall–Kier alpha value is -1.53. The van der Waals surface area contributed by atoms with Gasteiger partial charge < -0.3 is 14.9 Å². The fourth-order valence-electron chi connectivity index (χ4n) is 1.89. The third-order valence-corrected chi connectivity index (χ3v) is 4.39. The third-order valence-electron chi connectivity index (χ3n) is 2.93. The van der Waals surface area contributed by atoms with Crippen molar-refractivity contribution in [1.29, 1.82) is 0 Å². The van der Waals surface area contributed by atoms with Crippen LogP contribution in [0.2, 0.25) is 0 Å². The number of benzene rings is 2. The lowest BCUT2D eigenvalue weighted by Crippen LogP contribution is -1.88. The van der Waals surface area contributed by atoms with E-state index in [4.69, 9.17) is 14.9 Å². The van der Waals surface area contributed by atoms with E-state index in [1.165, 1.54) is 0 Å². The van der Waals surface area contributed by atoms with E-state index >= 15 is 0 Å². The van der Waals surface area contributed by atoms with Crippen molar-refractivity contribution in [3.05, 3.63) is 39.3 Å². The molecule has 0 amide bonds. The highest BCUT2D eigenvalue weighted by Crippen LogP contribution is 2.37. The van der Waals surface area contributed by atoms with Crippen LogP contribution in [0.25, 0.3) is 22.6 Å². The van der Waals surface area contributed by atoms with Gasteiger partial charge in [0.2, 0.25) is 5.89 Å². The van der Waals surface area contributed by atoms with E-state index in [2.05, 4.69) is 36.8 Å². The standard InChI is InChI=1S/C14H10Br2N2O2/c1-19-8-4-2-3-7(5-8)14-18-13-10(20-14)6-9(15)12(17)11(13)16/h2-6H,17H2,1H3. The number of halogens is 2. The molecule has 4 nitrogen and oxygen atoms in total. The van der Waals surface area contributed by atoms with Crippen molar-refractivity contribution >= 4 is 48.6 Å². The molecular formula is C14H10Br2N2O2. The minimum atomic E-state index is 0.525. The fraction of sp³-hybridized carbons (Fsp3) is 0.0714. The Morgan fingerprint density at radius 3 is 2.80 bits per heavy atom. The number of nitrogen functional groups attached to an aromatic ring is 1. The van der Waals surface area contributed by atoms with Crippen molar-refractivity contribution in [1.82, 2.24) is 4.98 Å². The van der Waals surface area contributed by atoms with Crippen LogP contribution < -0.4 is 10.5 Å². The highest BCUT2D eigenvalue weighted by atomic mass is 79.9. The lowest BCUT2D eigenvalue weighted by molar-refractivity contribution is 0.415. The Morgan fingerprint density at radius 2 is 2.05 bits per heavy atom. The summed E-state index contributed by atoms with van der Waals surface area (Å²) in [5.74, 6) is 1.28. The SMILES string of the molecule is COc1cccc(-c2nc3c(Br)c(N)c(Br)cc3o2)c1. The number of hydrogen-bond acceptors (Lipinski definition) is 4. The molecule has 2 N–H and O–H groups in total. The third kappa shape index (κ3) is 2.19. The lowest BCUT2D eigenvalue weighted by atomic mass is 10.2. The number of fused-ring (bicyclic) bond motifs is 1. The molecule has 0 saturated carbocycles. The first-order valence-electron chi connectivity index (χ1n) is 5.78. The molecule has 0 aliphatic carbocycles. The van der Waals surface area contributed by atoms with Crippen LogP contribution in [0, 0.1) is 0 Å². The number of nitrogens with two attached hydrogens (primary N) is 1. The molecule has 20 heavy (non-hydrogen) atoms. The van der Waals surface area contributed by atoms with Crippen LogP contribution in [0.5, 0.6) is 5.75 Å². The van der Waals surface area contributed by atoms with Crippen molar-refractivity contribution in [2.45, 2.75) is 0 Å². The molecule has 1 heterocycles. The summed E-state index contributed by atoms with van der Waals surface area (Å²) < 4.78 is 12.5. The number of anilines is 1. The molecule has 0 unspecified atom stereocenters. The Bertz CT molecular complexity index is 799. The molecule has 1 aromatic heterocycles. The Balaban J connectivity index is 2.20. The number of oxazole rings is 1. The zero-order chi connectivity index (χ0) is 14.3. The van der Waals surface area contributed by atoms with Gasteiger partial charge in [-0.2, -0.15) is 0 Å². The van der Waals surface area contributed by atoms with E-state index in [0.29, 0.717) is 22.7 Å². The van der Waals surface area contributed by atoms with Gasteiger partial charge in [-0.05, 0) is 56.1 Å². The largest absolute Gasteiger partial charge is 0.497 e. The van der Waals surface area contributed by atoms with Crippen LogP contribution in [0.3, 0.4) is 0 Å². The quantitative estimate of drug-likeness (QED) is 0.641. The summed E-state index contributed by atoms with van der Waals surface area (Å²) in [7, 11) is 1.62. The zero-order valence-corrected chi connectivity index (χ0v) is 13.7. The predicted molar refractivity (Wildman–Crippen MR) is 85.8 cm³/mol. The molecule has 0 radical (unpaired) electrons. The average Bonchev–Trinajstić information content (AvgIpc) is 2.89. The minimum Gasteiger partial charge on any atom is -0.497 e. The Labute approximate surface area is 132 Å². The summed E-state index contributed by atoms with van der Waals surface area (Å²) >= 11 is 6.84. The molecule has 6 heteroatoms. The highest BCUT2D eigenvalue weighted by molar-refractivity contribution is 9.11. The predicted octanol–water partition coefficient (Wildman–Crippen LogP) is 4.61. The van der Waals surface area contributed by atoms with Gasteiger partial charge in [0.1, 0.15) is 11.3 Å². The van der Waals surface area contributed by atoms with Gasteiger partial charge in [-0.1, -0.05) is 6.07 Å². The van der Waals surface area contributed by atoms with Crippen LogP contribution in [-0.2, 0) is 0 Å². The maximum Gasteiger partial charge on any atom is 0.227 e. The zero-order valence-electron chi connectivity index (χ0n) is 10.5. The van der Waals surface area contributed by atoms with Gasteiger partial charge in [-0.3, -0.25) is 0 Å². The second-order valence-electron chi connectivity index (χ2n) is 4.18. The van der Waals surface area contributed by atoms with E-state index in [0.717, 1.165) is 20.3 Å². The summed E-state index contributed by atoms with van der Waals surface area (Å²) in [5.41, 5.74) is 8.76. The average molecular weight is 398 g/mol. The van der Waals surface area contributed by atoms with Crippen molar-refractivity contribution in [2.24, 2.45) is 0 Å². The molecule has 0 saturated heterocycles. The lowest BCUT2D eigenvalue weighted by Gasteiger charge is -2.00. The molecule has 0 atom stereocenters. The Kier molecular flexibility index (Phi) is 3.43. The number of rotatable bonds is 2. The van der Waals surface area contributed by atoms with Gasteiger partial charge >= 0.3 is 0 Å². The van der Waals surface area contributed by atoms with Gasteiger partial charge in [0.15, 0.2) is 5.58 Å². The monoisotopic (exact) mass is 396 g/mol. The number of nitrogens with zero attached hydrogens (tertiary/aromatic N) is 1. The van der Waals surface area contributed by atoms with E-state index in [1.807, 2.05) is 30.3 Å². The van der Waals surface area contributed by atoms with E-state index in [-0.39, 0.29) is 0 Å². The molecule has 0 aliphatic heterocycles. The van der Waals surface area contributed by atoms with Gasteiger partial charge in [-0.25, -0.2) is 4.98 Å². The molecule has 0 fully saturated rings. The maximum absolute atomic E-state index is 5.95. The molecule has 102 valence electrons. The fourth-order valence-corrected chi connectivity index (χ4v) is 3.06. The summed E-state index contributed by atoms with van der Waals surface area (Å²) in [6.45, 7) is 0. The van der Waals surface area contributed by atoms with Crippen LogP contribution in [-0.4, -0.2) is 12.1 Å². The molecule has 3 aromatic rings. The number of methoxy groups -OCH3 is 1. The normalized spacial score (nSPS) is 10.9. The van der Waals surface area contributed by atoms with Crippen molar-refractivity contribution in [2.75, 3.05) is 12.8 Å². The summed E-state index contributed by atoms with van der Waals surface area (Å²) in [4.78, 5) is 4.49. The molecule has 2 aromatic carbocycles. The van der Waals surface area contributed by atoms with E-state index in [9.17, 15) is 0 Å². The van der Waals surface area contributed by atoms with E-state index < -0.39 is 0 Å². The summed E-state index contributed by atoms with van der Waals surface area (Å²) in [5, 5.41) is 0. The van der Waals surface area contributed by atoms with Gasteiger partial charge in [0.25, 0.3) is 0 Å². The summed E-state index contributed by atoms with van der Waals surface area (Å²) in [6, 6.07) is 9.36. The summed E-state index contributed by atoms with van der Waals surface area (Å²) in [6.07, 6.45) is 0. The van der Waals surface area contributed by atoms with Crippen LogP contribution in [0.1, 0.15) is 0 Å². The number of ether oxygens (including phenoxy) is 1. The topological polar surface area (TPSA) is 61.3 Å². The number of hydrogen-bond donors (Lipinski definition) is 1. The molecule has 0 bridgehead atoms. The molecule has 3 rings (SSSR count). The van der Waals surface area contributed by atoms with E-state index in [1.54, 1.807) is 7.11 Å². The first-order chi connectivity index (χ1) is 9.60. The van der Waals surface area contributed by atoms with Crippen molar-refractivity contribution in [3.8, 4) is 17.2 Å². The van der Waals surface area contributed by atoms with Crippen molar-refractivity contribution in [3.63, 3.8) is 0 Å². The minimum absolute atomic E-state index is 0.525. The van der Waals surface area contributed by atoms with Crippen LogP contribution >= 0.6 is 31.9 Å². The first-order valence-corrected chi connectivity index (χ1v) is 7.37. The smallest absolute Gasteiger partial charge is 0.227 e. The van der Waals surface area contributed by atoms with Gasteiger partial charge in [0, 0.05) is 10.0 Å². The second kappa shape index (κ2) is 5.10. The highest BCUT2D eigenvalue weighted by Gasteiger charge is 2.15. The van der Waals surface area contributed by atoms with Crippen molar-refractivity contribution < 1.29 is 9.15 Å². The Morgan fingerprint density at radius 1 is 1.25 bits per heavy atom. The molecule has 0 aliphatic rings. The molecule has 0 spiro atoms. The van der Waals surface area contributed by atoms with Gasteiger partial charge in [0.05, 0.1) is 17.3 Å². The van der Waals surface area contributed by atoms with Gasteiger partial charge in [-0.15, -0.1) is 0 Å². The second-order valence-corrected chi connectivity index (χ2v) is 5.83. The van der Waals surface area contributed by atoms with Crippen LogP contribution in [0.15, 0.2) is 43.7 Å².